The number of nitrogens with one attached hydrogen (secondary N) is 1. The van der Waals surface area contributed by atoms with Gasteiger partial charge in [0.2, 0.25) is 5.91 Å². The highest BCUT2D eigenvalue weighted by Crippen LogP contribution is 2.13. The van der Waals surface area contributed by atoms with Crippen LogP contribution >= 0.6 is 0 Å². The largest absolute Gasteiger partial charge is 0.484 e. The third kappa shape index (κ3) is 6.10. The first-order valence-electron chi connectivity index (χ1n) is 7.99. The van der Waals surface area contributed by atoms with Gasteiger partial charge in [-0.15, -0.1) is 0 Å². The summed E-state index contributed by atoms with van der Waals surface area (Å²) in [6.45, 7) is -0.446. The van der Waals surface area contributed by atoms with Crippen molar-refractivity contribution >= 4 is 23.5 Å². The molecular weight excluding hydrogens is 355 g/mol. The quantitative estimate of drug-likeness (QED) is 0.750. The average molecular weight is 374 g/mol. The van der Waals surface area contributed by atoms with Crippen LogP contribution in [0.15, 0.2) is 48.5 Å². The number of benzene rings is 2. The van der Waals surface area contributed by atoms with Crippen molar-refractivity contribution in [2.45, 2.75) is 0 Å². The molecule has 0 spiro atoms. The molecule has 0 saturated heterocycles. The lowest BCUT2D eigenvalue weighted by Crippen LogP contribution is -2.37. The fraction of sp³-hybridized carbons (Fsp3) is 0.211. The molecule has 0 radical (unpaired) electrons. The smallest absolute Gasteiger partial charge is 0.337 e. The normalized spacial score (nSPS) is 10.0. The Bertz CT molecular complexity index is 806. The molecule has 0 aliphatic rings. The molecule has 27 heavy (non-hydrogen) atoms. The number of likely N-dealkylation sites (N-methyl/N-ethyl adjacent to an activating group) is 1. The molecule has 0 aliphatic heterocycles. The number of anilines is 1. The zero-order valence-corrected chi connectivity index (χ0v) is 14.9. The standard InChI is InChI=1S/C19H19FN2O5/c1-22(11-17(23)21-15-7-5-14(20)6-8-15)18(24)12-27-16-9-3-13(4-10-16)19(25)26-2/h3-10H,11-12H2,1-2H3,(H,21,23). The Morgan fingerprint density at radius 3 is 2.26 bits per heavy atom. The predicted molar refractivity (Wildman–Crippen MR) is 95.9 cm³/mol. The molecule has 2 aromatic rings. The van der Waals surface area contributed by atoms with E-state index in [9.17, 15) is 18.8 Å². The first kappa shape index (κ1) is 19.9. The SMILES string of the molecule is COC(=O)c1ccc(OCC(=O)N(C)CC(=O)Nc2ccc(F)cc2)cc1. The molecule has 2 aromatic carbocycles. The zero-order valence-electron chi connectivity index (χ0n) is 14.9. The van der Waals surface area contributed by atoms with Crippen molar-refractivity contribution in [3.8, 4) is 5.75 Å². The monoisotopic (exact) mass is 374 g/mol. The number of esters is 1. The third-order valence-corrected chi connectivity index (χ3v) is 3.57. The van der Waals surface area contributed by atoms with E-state index in [2.05, 4.69) is 10.1 Å². The van der Waals surface area contributed by atoms with Crippen molar-refractivity contribution in [2.24, 2.45) is 0 Å². The number of ether oxygens (including phenoxy) is 2. The Labute approximate surface area is 155 Å². The maximum Gasteiger partial charge on any atom is 0.337 e. The molecule has 2 rings (SSSR count). The molecule has 0 aliphatic carbocycles. The van der Waals surface area contributed by atoms with E-state index >= 15 is 0 Å². The molecule has 142 valence electrons. The number of carbonyl (C=O) groups is 3. The molecule has 0 saturated carbocycles. The second-order valence-electron chi connectivity index (χ2n) is 5.61. The van der Waals surface area contributed by atoms with Gasteiger partial charge in [-0.2, -0.15) is 0 Å². The molecule has 0 bridgehead atoms. The van der Waals surface area contributed by atoms with Gasteiger partial charge in [-0.25, -0.2) is 9.18 Å². The molecule has 2 amide bonds. The summed E-state index contributed by atoms with van der Waals surface area (Å²) in [7, 11) is 2.75. The average Bonchev–Trinajstić information content (AvgIpc) is 2.67. The molecule has 8 heteroatoms. The number of methoxy groups -OCH3 is 1. The summed E-state index contributed by atoms with van der Waals surface area (Å²) in [6, 6.07) is 11.4. The second kappa shape index (κ2) is 9.33. The Morgan fingerprint density at radius 1 is 1.04 bits per heavy atom. The maximum atomic E-state index is 12.8. The van der Waals surface area contributed by atoms with E-state index in [-0.39, 0.29) is 13.2 Å². The van der Waals surface area contributed by atoms with E-state index in [1.807, 2.05) is 0 Å². The van der Waals surface area contributed by atoms with E-state index in [1.165, 1.54) is 55.5 Å². The summed E-state index contributed by atoms with van der Waals surface area (Å²) in [4.78, 5) is 36.6. The molecule has 0 atom stereocenters. The first-order valence-corrected chi connectivity index (χ1v) is 7.99. The maximum absolute atomic E-state index is 12.8. The Morgan fingerprint density at radius 2 is 1.67 bits per heavy atom. The highest BCUT2D eigenvalue weighted by molar-refractivity contribution is 5.94. The van der Waals surface area contributed by atoms with Gasteiger partial charge in [0.25, 0.3) is 5.91 Å². The predicted octanol–water partition coefficient (Wildman–Crippen LogP) is 2.09. The molecule has 0 unspecified atom stereocenters. The van der Waals surface area contributed by atoms with E-state index in [0.29, 0.717) is 17.0 Å². The summed E-state index contributed by atoms with van der Waals surface area (Å²) in [6.07, 6.45) is 0. The number of hydrogen-bond acceptors (Lipinski definition) is 5. The van der Waals surface area contributed by atoms with Gasteiger partial charge in [0.1, 0.15) is 11.6 Å². The minimum absolute atomic E-state index is 0.180. The summed E-state index contributed by atoms with van der Waals surface area (Å²) in [5.74, 6) is -1.29. The summed E-state index contributed by atoms with van der Waals surface area (Å²) in [5.41, 5.74) is 0.801. The second-order valence-corrected chi connectivity index (χ2v) is 5.61. The van der Waals surface area contributed by atoms with Gasteiger partial charge in [0.15, 0.2) is 6.61 Å². The highest BCUT2D eigenvalue weighted by atomic mass is 19.1. The van der Waals surface area contributed by atoms with Crippen LogP contribution < -0.4 is 10.1 Å². The van der Waals surface area contributed by atoms with Crippen LogP contribution in [-0.4, -0.2) is 50.0 Å². The fourth-order valence-electron chi connectivity index (χ4n) is 2.10. The van der Waals surface area contributed by atoms with E-state index in [0.717, 1.165) is 0 Å². The topological polar surface area (TPSA) is 84.9 Å². The minimum atomic E-state index is -0.468. The summed E-state index contributed by atoms with van der Waals surface area (Å²) in [5, 5.41) is 2.57. The van der Waals surface area contributed by atoms with Crippen molar-refractivity contribution in [2.75, 3.05) is 32.6 Å². The van der Waals surface area contributed by atoms with Crippen LogP contribution in [0.25, 0.3) is 0 Å². The lowest BCUT2D eigenvalue weighted by atomic mass is 10.2. The molecule has 1 N–H and O–H groups in total. The molecule has 0 aromatic heterocycles. The van der Waals surface area contributed by atoms with Crippen molar-refractivity contribution < 1.29 is 28.2 Å². The molecule has 0 fully saturated rings. The van der Waals surface area contributed by atoms with Crippen molar-refractivity contribution in [1.29, 1.82) is 0 Å². The number of rotatable bonds is 7. The number of nitrogens with zero attached hydrogens (tertiary/aromatic N) is 1. The van der Waals surface area contributed by atoms with Crippen LogP contribution in [-0.2, 0) is 14.3 Å². The van der Waals surface area contributed by atoms with Crippen LogP contribution in [0.2, 0.25) is 0 Å². The third-order valence-electron chi connectivity index (χ3n) is 3.57. The van der Waals surface area contributed by atoms with Gasteiger partial charge in [-0.3, -0.25) is 9.59 Å². The Hall–Kier alpha value is -3.42. The Balaban J connectivity index is 1.80. The van der Waals surface area contributed by atoms with E-state index in [1.54, 1.807) is 12.1 Å². The first-order chi connectivity index (χ1) is 12.9. The lowest BCUT2D eigenvalue weighted by molar-refractivity contribution is -0.135. The highest BCUT2D eigenvalue weighted by Gasteiger charge is 2.14. The van der Waals surface area contributed by atoms with Crippen LogP contribution in [0.4, 0.5) is 10.1 Å². The fourth-order valence-corrected chi connectivity index (χ4v) is 2.10. The van der Waals surface area contributed by atoms with Crippen LogP contribution in [0.3, 0.4) is 0 Å². The molecule has 7 nitrogen and oxygen atoms in total. The van der Waals surface area contributed by atoms with E-state index in [4.69, 9.17) is 4.74 Å². The molecule has 0 heterocycles. The number of hydrogen-bond donors (Lipinski definition) is 1. The minimum Gasteiger partial charge on any atom is -0.484 e. The van der Waals surface area contributed by atoms with Crippen LogP contribution in [0.1, 0.15) is 10.4 Å². The van der Waals surface area contributed by atoms with Gasteiger partial charge in [-0.05, 0) is 48.5 Å². The van der Waals surface area contributed by atoms with Gasteiger partial charge in [0.05, 0.1) is 19.2 Å². The lowest BCUT2D eigenvalue weighted by Gasteiger charge is -2.17. The zero-order chi connectivity index (χ0) is 19.8. The van der Waals surface area contributed by atoms with Crippen molar-refractivity contribution in [3.63, 3.8) is 0 Å². The van der Waals surface area contributed by atoms with Gasteiger partial charge >= 0.3 is 5.97 Å². The number of carbonyl (C=O) groups excluding carboxylic acids is 3. The van der Waals surface area contributed by atoms with Crippen LogP contribution in [0.5, 0.6) is 5.75 Å². The summed E-state index contributed by atoms with van der Waals surface area (Å²) >= 11 is 0. The number of amides is 2. The van der Waals surface area contributed by atoms with Crippen LogP contribution in [0, 0.1) is 5.82 Å². The van der Waals surface area contributed by atoms with E-state index < -0.39 is 23.6 Å². The summed E-state index contributed by atoms with van der Waals surface area (Å²) < 4.78 is 22.8. The van der Waals surface area contributed by atoms with Crippen molar-refractivity contribution in [3.05, 3.63) is 59.9 Å². The van der Waals surface area contributed by atoms with Gasteiger partial charge in [-0.1, -0.05) is 0 Å². The van der Waals surface area contributed by atoms with Gasteiger partial charge < -0.3 is 19.7 Å². The number of halogens is 1. The van der Waals surface area contributed by atoms with Crippen molar-refractivity contribution in [1.82, 2.24) is 4.90 Å². The molecular formula is C19H19FN2O5. The Kier molecular flexibility index (Phi) is 6.87. The van der Waals surface area contributed by atoms with Gasteiger partial charge in [0, 0.05) is 12.7 Å².